The van der Waals surface area contributed by atoms with E-state index in [-0.39, 0.29) is 17.2 Å². The zero-order valence-corrected chi connectivity index (χ0v) is 21.0. The Kier molecular flexibility index (Phi) is 8.46. The van der Waals surface area contributed by atoms with Gasteiger partial charge in [0.2, 0.25) is 0 Å². The fraction of sp³-hybridized carbons (Fsp3) is 0.154. The predicted molar refractivity (Wildman–Crippen MR) is 137 cm³/mol. The Balaban J connectivity index is 1.83. The molecule has 0 saturated carbocycles. The van der Waals surface area contributed by atoms with Crippen LogP contribution in [0.2, 0.25) is 15.1 Å². The summed E-state index contributed by atoms with van der Waals surface area (Å²) in [6.45, 7) is 4.04. The van der Waals surface area contributed by atoms with Crippen LogP contribution in [-0.4, -0.2) is 13.0 Å². The summed E-state index contributed by atoms with van der Waals surface area (Å²) in [6.07, 6.45) is 1.44. The van der Waals surface area contributed by atoms with Crippen molar-refractivity contribution in [2.45, 2.75) is 20.5 Å². The molecule has 3 rings (SSSR count). The Morgan fingerprint density at radius 3 is 2.44 bits per heavy atom. The summed E-state index contributed by atoms with van der Waals surface area (Å²) in [5.74, 6) is 0.154. The molecule has 3 aromatic rings. The number of benzene rings is 3. The summed E-state index contributed by atoms with van der Waals surface area (Å²) in [5.41, 5.74) is 3.84. The minimum absolute atomic E-state index is 0.0810. The van der Waals surface area contributed by atoms with Crippen molar-refractivity contribution >= 4 is 52.5 Å². The van der Waals surface area contributed by atoms with Gasteiger partial charge >= 0.3 is 0 Å². The minimum atomic E-state index is -0.524. The second-order valence-electron chi connectivity index (χ2n) is 7.51. The molecule has 1 N–H and O–H groups in total. The summed E-state index contributed by atoms with van der Waals surface area (Å²) in [4.78, 5) is 12.7. The van der Waals surface area contributed by atoms with Crippen molar-refractivity contribution in [2.75, 3.05) is 12.4 Å². The van der Waals surface area contributed by atoms with E-state index in [0.717, 1.165) is 16.7 Å². The highest BCUT2D eigenvalue weighted by Gasteiger charge is 2.15. The first kappa shape index (κ1) is 25.5. The molecule has 0 aliphatic carbocycles. The zero-order valence-electron chi connectivity index (χ0n) is 18.7. The van der Waals surface area contributed by atoms with E-state index < -0.39 is 5.91 Å². The van der Waals surface area contributed by atoms with Crippen LogP contribution in [0.25, 0.3) is 6.08 Å². The highest BCUT2D eigenvalue weighted by Crippen LogP contribution is 2.38. The molecule has 0 radical (unpaired) electrons. The van der Waals surface area contributed by atoms with Crippen molar-refractivity contribution in [1.82, 2.24) is 0 Å². The molecule has 0 unspecified atom stereocenters. The number of nitrogens with one attached hydrogen (secondary N) is 1. The number of rotatable bonds is 7. The third-order valence-electron chi connectivity index (χ3n) is 4.93. The van der Waals surface area contributed by atoms with Crippen molar-refractivity contribution in [3.63, 3.8) is 0 Å². The molecule has 3 aromatic carbocycles. The highest BCUT2D eigenvalue weighted by atomic mass is 35.5. The second kappa shape index (κ2) is 11.3. The summed E-state index contributed by atoms with van der Waals surface area (Å²) in [5, 5.41) is 13.5. The van der Waals surface area contributed by atoms with Crippen LogP contribution in [0.1, 0.15) is 22.3 Å². The third-order valence-corrected chi connectivity index (χ3v) is 5.94. The smallest absolute Gasteiger partial charge is 0.266 e. The molecule has 8 heteroatoms. The zero-order chi connectivity index (χ0) is 24.8. The first-order chi connectivity index (χ1) is 16.2. The molecule has 34 heavy (non-hydrogen) atoms. The van der Waals surface area contributed by atoms with Gasteiger partial charge in [-0.3, -0.25) is 4.79 Å². The molecular formula is C26H21Cl3N2O3. The van der Waals surface area contributed by atoms with Crippen molar-refractivity contribution in [3.8, 4) is 17.6 Å². The monoisotopic (exact) mass is 514 g/mol. The number of carbonyl (C=O) groups is 1. The molecule has 0 aromatic heterocycles. The molecule has 0 heterocycles. The molecule has 0 aliphatic rings. The lowest BCUT2D eigenvalue weighted by molar-refractivity contribution is -0.112. The van der Waals surface area contributed by atoms with Gasteiger partial charge in [0.15, 0.2) is 11.5 Å². The van der Waals surface area contributed by atoms with Crippen LogP contribution < -0.4 is 14.8 Å². The maximum Gasteiger partial charge on any atom is 0.266 e. The van der Waals surface area contributed by atoms with Crippen LogP contribution in [0.4, 0.5) is 5.69 Å². The van der Waals surface area contributed by atoms with Crippen molar-refractivity contribution in [2.24, 2.45) is 0 Å². The number of amides is 1. The Morgan fingerprint density at radius 1 is 1.03 bits per heavy atom. The average Bonchev–Trinajstić information content (AvgIpc) is 2.80. The molecule has 0 atom stereocenters. The van der Waals surface area contributed by atoms with Crippen LogP contribution in [0, 0.1) is 25.2 Å². The van der Waals surface area contributed by atoms with Gasteiger partial charge in [-0.25, -0.2) is 0 Å². The van der Waals surface area contributed by atoms with E-state index in [4.69, 9.17) is 44.3 Å². The van der Waals surface area contributed by atoms with Crippen molar-refractivity contribution < 1.29 is 14.3 Å². The van der Waals surface area contributed by atoms with Gasteiger partial charge in [-0.15, -0.1) is 0 Å². The van der Waals surface area contributed by atoms with E-state index in [1.54, 1.807) is 36.4 Å². The number of nitriles is 1. The number of carbonyl (C=O) groups excluding carboxylic acids is 1. The summed E-state index contributed by atoms with van der Waals surface area (Å²) in [6, 6.07) is 16.0. The number of hydrogen-bond acceptors (Lipinski definition) is 4. The first-order valence-electron chi connectivity index (χ1n) is 10.2. The van der Waals surface area contributed by atoms with Crippen LogP contribution in [0.15, 0.2) is 54.1 Å². The van der Waals surface area contributed by atoms with E-state index in [1.165, 1.54) is 13.2 Å². The lowest BCUT2D eigenvalue weighted by Crippen LogP contribution is -2.14. The van der Waals surface area contributed by atoms with Gasteiger partial charge in [-0.05, 0) is 66.9 Å². The van der Waals surface area contributed by atoms with Gasteiger partial charge in [-0.1, -0.05) is 58.6 Å². The third kappa shape index (κ3) is 6.24. The molecule has 0 aliphatic heterocycles. The van der Waals surface area contributed by atoms with Crippen LogP contribution in [0.5, 0.6) is 11.5 Å². The van der Waals surface area contributed by atoms with Crippen molar-refractivity contribution in [3.05, 3.63) is 91.4 Å². The summed E-state index contributed by atoms with van der Waals surface area (Å²) in [7, 11) is 1.48. The minimum Gasteiger partial charge on any atom is -0.493 e. The summed E-state index contributed by atoms with van der Waals surface area (Å²) < 4.78 is 11.3. The molecule has 0 spiro atoms. The van der Waals surface area contributed by atoms with E-state index in [2.05, 4.69) is 5.32 Å². The SMILES string of the molecule is COc1cc(/C=C(\C#N)C(=O)Nc2ccc(C)cc2C)cc(Cl)c1OCc1ccc(Cl)c(Cl)c1. The maximum absolute atomic E-state index is 12.7. The van der Waals surface area contributed by atoms with Crippen LogP contribution >= 0.6 is 34.8 Å². The van der Waals surface area contributed by atoms with Gasteiger partial charge in [0.1, 0.15) is 18.2 Å². The predicted octanol–water partition coefficient (Wildman–Crippen LogP) is 7.40. The average molecular weight is 516 g/mol. The van der Waals surface area contributed by atoms with Crippen LogP contribution in [-0.2, 0) is 11.4 Å². The molecule has 0 saturated heterocycles. The van der Waals surface area contributed by atoms with Crippen molar-refractivity contribution in [1.29, 1.82) is 5.26 Å². The van der Waals surface area contributed by atoms with E-state index in [0.29, 0.717) is 32.8 Å². The Hall–Kier alpha value is -3.17. The maximum atomic E-state index is 12.7. The number of hydrogen-bond donors (Lipinski definition) is 1. The fourth-order valence-electron chi connectivity index (χ4n) is 3.21. The molecule has 1 amide bonds. The molecule has 0 bridgehead atoms. The standard InChI is InChI=1S/C26H21Cl3N2O3/c1-15-4-7-23(16(2)8-15)31-26(32)19(13-30)9-18-11-22(29)25(24(12-18)33-3)34-14-17-5-6-20(27)21(28)10-17/h4-12H,14H2,1-3H3,(H,31,32)/b19-9+. The molecule has 0 fully saturated rings. The highest BCUT2D eigenvalue weighted by molar-refractivity contribution is 6.42. The Labute approximate surface area is 213 Å². The number of methoxy groups -OCH3 is 1. The van der Waals surface area contributed by atoms with Crippen LogP contribution in [0.3, 0.4) is 0 Å². The molecule has 5 nitrogen and oxygen atoms in total. The normalized spacial score (nSPS) is 11.0. The van der Waals surface area contributed by atoms with E-state index >= 15 is 0 Å². The number of anilines is 1. The van der Waals surface area contributed by atoms with Gasteiger partial charge in [0.05, 0.1) is 22.2 Å². The van der Waals surface area contributed by atoms with Gasteiger partial charge in [0, 0.05) is 5.69 Å². The largest absolute Gasteiger partial charge is 0.493 e. The molecule has 174 valence electrons. The van der Waals surface area contributed by atoms with Gasteiger partial charge < -0.3 is 14.8 Å². The lowest BCUT2D eigenvalue weighted by atomic mass is 10.1. The summed E-state index contributed by atoms with van der Waals surface area (Å²) >= 11 is 18.5. The topological polar surface area (TPSA) is 71.3 Å². The number of nitrogens with zero attached hydrogens (tertiary/aromatic N) is 1. The van der Waals surface area contributed by atoms with Gasteiger partial charge in [-0.2, -0.15) is 5.26 Å². The van der Waals surface area contributed by atoms with Gasteiger partial charge in [0.25, 0.3) is 5.91 Å². The fourth-order valence-corrected chi connectivity index (χ4v) is 3.80. The Bertz CT molecular complexity index is 1310. The quantitative estimate of drug-likeness (QED) is 0.263. The number of halogens is 3. The van der Waals surface area contributed by atoms with E-state index in [1.807, 2.05) is 32.0 Å². The lowest BCUT2D eigenvalue weighted by Gasteiger charge is -2.14. The number of ether oxygens (including phenoxy) is 2. The Morgan fingerprint density at radius 2 is 1.79 bits per heavy atom. The second-order valence-corrected chi connectivity index (χ2v) is 8.74. The first-order valence-corrected chi connectivity index (χ1v) is 11.3. The number of aryl methyl sites for hydroxylation is 2. The van der Waals surface area contributed by atoms with E-state index in [9.17, 15) is 10.1 Å². The molecular weight excluding hydrogens is 495 g/mol.